The number of anilines is 1. The molecule has 0 saturated heterocycles. The maximum absolute atomic E-state index is 12.8. The van der Waals surface area contributed by atoms with Crippen LogP contribution < -0.4 is 9.62 Å². The Morgan fingerprint density at radius 1 is 1.04 bits per heavy atom. The second-order valence-corrected chi connectivity index (χ2v) is 9.37. The molecule has 152 valence electrons. The maximum atomic E-state index is 12.8. The standard InChI is InChI=1S/C22H30N2O3S/c1-16-13-17(2)15-21(14-16)24(28(5,26)27)19(4)22(25)23-18(3)11-12-20-9-7-6-8-10-20/h6-10,13-15,18-19H,11-12H2,1-5H3,(H,23,25)/t18-,19+/m1/s1. The Balaban J connectivity index is 2.11. The Kier molecular flexibility index (Phi) is 7.24. The SMILES string of the molecule is Cc1cc(C)cc(N([C@@H](C)C(=O)N[C@H](C)CCc2ccccc2)S(C)(=O)=O)c1. The third kappa shape index (κ3) is 6.09. The molecule has 2 aromatic carbocycles. The number of rotatable bonds is 8. The zero-order valence-corrected chi connectivity index (χ0v) is 18.1. The Bertz CT molecular complexity index is 890. The van der Waals surface area contributed by atoms with Crippen LogP contribution in [0.2, 0.25) is 0 Å². The third-order valence-electron chi connectivity index (χ3n) is 4.65. The van der Waals surface area contributed by atoms with E-state index in [1.807, 2.05) is 45.0 Å². The quantitative estimate of drug-likeness (QED) is 0.734. The Morgan fingerprint density at radius 3 is 2.14 bits per heavy atom. The van der Waals surface area contributed by atoms with Crippen LogP contribution in [0.5, 0.6) is 0 Å². The van der Waals surface area contributed by atoms with E-state index < -0.39 is 16.1 Å². The summed E-state index contributed by atoms with van der Waals surface area (Å²) in [6.07, 6.45) is 2.77. The minimum Gasteiger partial charge on any atom is -0.352 e. The molecule has 6 heteroatoms. The summed E-state index contributed by atoms with van der Waals surface area (Å²) in [5, 5.41) is 2.96. The second-order valence-electron chi connectivity index (χ2n) is 7.51. The van der Waals surface area contributed by atoms with Gasteiger partial charge < -0.3 is 5.32 Å². The molecule has 2 aromatic rings. The first-order chi connectivity index (χ1) is 13.1. The van der Waals surface area contributed by atoms with Gasteiger partial charge in [-0.25, -0.2) is 8.42 Å². The number of carbonyl (C=O) groups is 1. The fourth-order valence-corrected chi connectivity index (χ4v) is 4.51. The minimum absolute atomic E-state index is 0.0594. The van der Waals surface area contributed by atoms with E-state index in [9.17, 15) is 13.2 Å². The number of nitrogens with one attached hydrogen (secondary N) is 1. The summed E-state index contributed by atoms with van der Waals surface area (Å²) in [6, 6.07) is 14.7. The lowest BCUT2D eigenvalue weighted by Crippen LogP contribution is -2.50. The molecule has 0 aliphatic rings. The smallest absolute Gasteiger partial charge is 0.243 e. The molecule has 28 heavy (non-hydrogen) atoms. The summed E-state index contributed by atoms with van der Waals surface area (Å²) in [4.78, 5) is 12.8. The molecule has 0 aliphatic carbocycles. The van der Waals surface area contributed by atoms with E-state index in [-0.39, 0.29) is 11.9 Å². The van der Waals surface area contributed by atoms with Crippen molar-refractivity contribution in [2.75, 3.05) is 10.6 Å². The first-order valence-corrected chi connectivity index (χ1v) is 11.3. The fraction of sp³-hybridized carbons (Fsp3) is 0.409. The van der Waals surface area contributed by atoms with Crippen molar-refractivity contribution >= 4 is 21.6 Å². The van der Waals surface area contributed by atoms with Gasteiger partial charge >= 0.3 is 0 Å². The van der Waals surface area contributed by atoms with E-state index in [0.717, 1.165) is 30.2 Å². The highest BCUT2D eigenvalue weighted by atomic mass is 32.2. The van der Waals surface area contributed by atoms with Crippen molar-refractivity contribution in [2.45, 2.75) is 52.6 Å². The number of amides is 1. The second kappa shape index (κ2) is 9.24. The van der Waals surface area contributed by atoms with Gasteiger partial charge in [0.25, 0.3) is 0 Å². The average molecular weight is 403 g/mol. The topological polar surface area (TPSA) is 66.5 Å². The van der Waals surface area contributed by atoms with Crippen molar-refractivity contribution in [3.05, 3.63) is 65.2 Å². The third-order valence-corrected chi connectivity index (χ3v) is 5.89. The molecule has 0 spiro atoms. The molecule has 1 amide bonds. The summed E-state index contributed by atoms with van der Waals surface area (Å²) >= 11 is 0. The van der Waals surface area contributed by atoms with Crippen molar-refractivity contribution < 1.29 is 13.2 Å². The van der Waals surface area contributed by atoms with Crippen molar-refractivity contribution in [2.24, 2.45) is 0 Å². The van der Waals surface area contributed by atoms with E-state index in [4.69, 9.17) is 0 Å². The van der Waals surface area contributed by atoms with Crippen LogP contribution in [0.1, 0.15) is 37.0 Å². The largest absolute Gasteiger partial charge is 0.352 e. The predicted molar refractivity (Wildman–Crippen MR) is 115 cm³/mol. The van der Waals surface area contributed by atoms with Crippen molar-refractivity contribution in [3.8, 4) is 0 Å². The maximum Gasteiger partial charge on any atom is 0.243 e. The van der Waals surface area contributed by atoms with Gasteiger partial charge in [-0.1, -0.05) is 36.4 Å². The zero-order chi connectivity index (χ0) is 20.9. The van der Waals surface area contributed by atoms with Crippen molar-refractivity contribution in [3.63, 3.8) is 0 Å². The molecule has 0 heterocycles. The van der Waals surface area contributed by atoms with Crippen LogP contribution in [0.25, 0.3) is 0 Å². The minimum atomic E-state index is -3.61. The van der Waals surface area contributed by atoms with Gasteiger partial charge in [0, 0.05) is 6.04 Å². The Morgan fingerprint density at radius 2 is 1.61 bits per heavy atom. The molecule has 0 saturated carbocycles. The lowest BCUT2D eigenvalue weighted by Gasteiger charge is -2.29. The van der Waals surface area contributed by atoms with E-state index in [2.05, 4.69) is 17.4 Å². The van der Waals surface area contributed by atoms with Crippen LogP contribution >= 0.6 is 0 Å². The summed E-state index contributed by atoms with van der Waals surface area (Å²) in [5.74, 6) is -0.301. The molecule has 0 radical (unpaired) electrons. The summed E-state index contributed by atoms with van der Waals surface area (Å²) in [6.45, 7) is 7.38. The molecule has 5 nitrogen and oxygen atoms in total. The van der Waals surface area contributed by atoms with Crippen molar-refractivity contribution in [1.82, 2.24) is 5.32 Å². The number of benzene rings is 2. The predicted octanol–water partition coefficient (Wildman–Crippen LogP) is 3.60. The molecule has 0 aliphatic heterocycles. The highest BCUT2D eigenvalue weighted by Gasteiger charge is 2.29. The van der Waals surface area contributed by atoms with E-state index >= 15 is 0 Å². The average Bonchev–Trinajstić information content (AvgIpc) is 2.59. The molecule has 0 unspecified atom stereocenters. The van der Waals surface area contributed by atoms with Gasteiger partial charge in [-0.2, -0.15) is 0 Å². The Hall–Kier alpha value is -2.34. The van der Waals surface area contributed by atoms with Crippen LogP contribution in [0, 0.1) is 13.8 Å². The van der Waals surface area contributed by atoms with Crippen LogP contribution in [0.15, 0.2) is 48.5 Å². The number of sulfonamides is 1. The lowest BCUT2D eigenvalue weighted by molar-refractivity contribution is -0.122. The molecule has 0 fully saturated rings. The van der Waals surface area contributed by atoms with Crippen LogP contribution in [-0.4, -0.2) is 32.7 Å². The molecule has 2 atom stereocenters. The van der Waals surface area contributed by atoms with Gasteiger partial charge in [0.2, 0.25) is 15.9 Å². The van der Waals surface area contributed by atoms with Crippen LogP contribution in [-0.2, 0) is 21.2 Å². The summed E-state index contributed by atoms with van der Waals surface area (Å²) in [5.41, 5.74) is 3.63. The van der Waals surface area contributed by atoms with Crippen molar-refractivity contribution in [1.29, 1.82) is 0 Å². The Labute approximate surface area is 168 Å². The van der Waals surface area contributed by atoms with Gasteiger partial charge in [0.05, 0.1) is 11.9 Å². The molecular weight excluding hydrogens is 372 g/mol. The number of nitrogens with zero attached hydrogens (tertiary/aromatic N) is 1. The van der Waals surface area contributed by atoms with Gasteiger partial charge in [-0.3, -0.25) is 9.10 Å². The highest BCUT2D eigenvalue weighted by molar-refractivity contribution is 7.92. The van der Waals surface area contributed by atoms with E-state index in [0.29, 0.717) is 5.69 Å². The number of aryl methyl sites for hydroxylation is 3. The molecular formula is C22H30N2O3S. The first-order valence-electron chi connectivity index (χ1n) is 9.50. The monoisotopic (exact) mass is 402 g/mol. The van der Waals surface area contributed by atoms with E-state index in [1.165, 1.54) is 9.87 Å². The van der Waals surface area contributed by atoms with Crippen LogP contribution in [0.4, 0.5) is 5.69 Å². The van der Waals surface area contributed by atoms with Crippen LogP contribution in [0.3, 0.4) is 0 Å². The van der Waals surface area contributed by atoms with Gasteiger partial charge in [0.15, 0.2) is 0 Å². The van der Waals surface area contributed by atoms with Gasteiger partial charge in [-0.15, -0.1) is 0 Å². The fourth-order valence-electron chi connectivity index (χ4n) is 3.35. The van der Waals surface area contributed by atoms with Gasteiger partial charge in [-0.05, 0) is 69.4 Å². The molecule has 0 bridgehead atoms. The lowest BCUT2D eigenvalue weighted by atomic mass is 10.1. The highest BCUT2D eigenvalue weighted by Crippen LogP contribution is 2.24. The normalized spacial score (nSPS) is 13.6. The number of hydrogen-bond acceptors (Lipinski definition) is 3. The molecule has 0 aromatic heterocycles. The number of hydrogen-bond donors (Lipinski definition) is 1. The zero-order valence-electron chi connectivity index (χ0n) is 17.3. The number of carbonyl (C=O) groups excluding carboxylic acids is 1. The summed E-state index contributed by atoms with van der Waals surface area (Å²) < 4.78 is 26.1. The first kappa shape index (κ1) is 22.0. The van der Waals surface area contributed by atoms with Gasteiger partial charge in [0.1, 0.15) is 6.04 Å². The molecule has 1 N–H and O–H groups in total. The summed E-state index contributed by atoms with van der Waals surface area (Å²) in [7, 11) is -3.61. The van der Waals surface area contributed by atoms with E-state index in [1.54, 1.807) is 19.1 Å². The molecule has 2 rings (SSSR count).